The van der Waals surface area contributed by atoms with E-state index in [1.54, 1.807) is 0 Å². The molecule has 1 aliphatic rings. The molecule has 0 aliphatic heterocycles. The first kappa shape index (κ1) is 13.3. The molecule has 0 spiro atoms. The molecule has 2 N–H and O–H groups in total. The molecule has 18 heavy (non-hydrogen) atoms. The first-order valence-electron chi connectivity index (χ1n) is 6.87. The molecule has 1 aliphatic carbocycles. The van der Waals surface area contributed by atoms with Gasteiger partial charge in [-0.05, 0) is 32.8 Å². The number of Topliss-reactive ketones (excluding diaryl/α,β-unsaturated/α-hetero) is 1. The zero-order chi connectivity index (χ0) is 13.2. The van der Waals surface area contributed by atoms with Crippen LogP contribution in [0.3, 0.4) is 0 Å². The fraction of sp³-hybridized carbons (Fsp3) is 0.714. The van der Waals surface area contributed by atoms with Gasteiger partial charge in [0.15, 0.2) is 5.78 Å². The van der Waals surface area contributed by atoms with Gasteiger partial charge in [0.1, 0.15) is 0 Å². The molecule has 0 aromatic carbocycles. The Morgan fingerprint density at radius 2 is 2.11 bits per heavy atom. The minimum absolute atomic E-state index is 0.149. The molecular weight excluding hydrogens is 226 g/mol. The lowest BCUT2D eigenvalue weighted by Crippen LogP contribution is -2.50. The van der Waals surface area contributed by atoms with Gasteiger partial charge in [0, 0.05) is 12.2 Å². The van der Waals surface area contributed by atoms with Crippen LogP contribution in [0.2, 0.25) is 0 Å². The summed E-state index contributed by atoms with van der Waals surface area (Å²) in [7, 11) is 0. The highest BCUT2D eigenvalue weighted by atomic mass is 16.1. The van der Waals surface area contributed by atoms with Gasteiger partial charge in [-0.15, -0.1) is 0 Å². The topological polar surface area (TPSA) is 60.9 Å². The average Bonchev–Trinajstić information content (AvgIpc) is 2.78. The molecule has 1 heterocycles. The third kappa shape index (κ3) is 2.80. The molecule has 1 saturated carbocycles. The maximum Gasteiger partial charge on any atom is 0.158 e. The summed E-state index contributed by atoms with van der Waals surface area (Å²) in [6.07, 6.45) is 7.31. The van der Waals surface area contributed by atoms with Crippen molar-refractivity contribution in [2.24, 2.45) is 5.73 Å². The molecule has 0 unspecified atom stereocenters. The third-order valence-electron chi connectivity index (χ3n) is 3.84. The van der Waals surface area contributed by atoms with Crippen molar-refractivity contribution >= 4 is 5.78 Å². The van der Waals surface area contributed by atoms with Crippen LogP contribution in [0.15, 0.2) is 12.3 Å². The highest BCUT2D eigenvalue weighted by Gasteiger charge is 2.34. The molecule has 1 aromatic rings. The van der Waals surface area contributed by atoms with Crippen molar-refractivity contribution in [3.05, 3.63) is 18.0 Å². The molecule has 100 valence electrons. The largest absolute Gasteiger partial charge is 0.319 e. The molecule has 0 atom stereocenters. The molecule has 4 heteroatoms. The number of carbonyl (C=O) groups is 1. The molecule has 4 nitrogen and oxygen atoms in total. The van der Waals surface area contributed by atoms with Crippen LogP contribution in [-0.2, 0) is 11.2 Å². The maximum atomic E-state index is 12.3. The first-order chi connectivity index (χ1) is 8.51. The Kier molecular flexibility index (Phi) is 3.85. The van der Waals surface area contributed by atoms with Gasteiger partial charge in [-0.2, -0.15) is 5.10 Å². The second kappa shape index (κ2) is 5.22. The van der Waals surface area contributed by atoms with Gasteiger partial charge in [-0.3, -0.25) is 9.48 Å². The molecule has 1 aromatic heterocycles. The number of aromatic nitrogens is 2. The van der Waals surface area contributed by atoms with Crippen LogP contribution in [0.4, 0.5) is 0 Å². The number of ketones is 1. The van der Waals surface area contributed by atoms with Crippen molar-refractivity contribution in [3.8, 4) is 0 Å². The van der Waals surface area contributed by atoms with Crippen molar-refractivity contribution < 1.29 is 4.79 Å². The van der Waals surface area contributed by atoms with Crippen LogP contribution in [-0.4, -0.2) is 21.1 Å². The highest BCUT2D eigenvalue weighted by molar-refractivity contribution is 5.89. The van der Waals surface area contributed by atoms with E-state index in [4.69, 9.17) is 5.73 Å². The Balaban J connectivity index is 2.01. The van der Waals surface area contributed by atoms with E-state index >= 15 is 0 Å². The van der Waals surface area contributed by atoms with E-state index in [-0.39, 0.29) is 5.78 Å². The Bertz CT molecular complexity index is 416. The standard InChI is InChI=1S/C14H23N3O/c1-11(2)17-9-6-12(16-17)10-13(18)14(15)7-4-3-5-8-14/h6,9,11H,3-5,7-8,10,15H2,1-2H3. The number of hydrogen-bond donors (Lipinski definition) is 1. The predicted molar refractivity (Wildman–Crippen MR) is 71.3 cm³/mol. The zero-order valence-electron chi connectivity index (χ0n) is 11.4. The summed E-state index contributed by atoms with van der Waals surface area (Å²) in [6, 6.07) is 2.25. The normalized spacial score (nSPS) is 19.1. The molecule has 0 bridgehead atoms. The van der Waals surface area contributed by atoms with E-state index in [1.165, 1.54) is 6.42 Å². The summed E-state index contributed by atoms with van der Waals surface area (Å²) in [5.41, 5.74) is 6.47. The monoisotopic (exact) mass is 249 g/mol. The summed E-state index contributed by atoms with van der Waals surface area (Å²) in [5.74, 6) is 0.149. The molecule has 0 saturated heterocycles. The van der Waals surface area contributed by atoms with E-state index in [2.05, 4.69) is 18.9 Å². The van der Waals surface area contributed by atoms with Crippen LogP contribution >= 0.6 is 0 Å². The number of hydrogen-bond acceptors (Lipinski definition) is 3. The van der Waals surface area contributed by atoms with Crippen LogP contribution in [0, 0.1) is 0 Å². The maximum absolute atomic E-state index is 12.3. The van der Waals surface area contributed by atoms with E-state index in [1.807, 2.05) is 16.9 Å². The van der Waals surface area contributed by atoms with Gasteiger partial charge < -0.3 is 5.73 Å². The van der Waals surface area contributed by atoms with Gasteiger partial charge in [0.05, 0.1) is 17.7 Å². The zero-order valence-corrected chi connectivity index (χ0v) is 11.4. The van der Waals surface area contributed by atoms with Gasteiger partial charge in [0.25, 0.3) is 0 Å². The fourth-order valence-electron chi connectivity index (χ4n) is 2.56. The van der Waals surface area contributed by atoms with Crippen LogP contribution < -0.4 is 5.73 Å². The van der Waals surface area contributed by atoms with Crippen LogP contribution in [0.25, 0.3) is 0 Å². The highest BCUT2D eigenvalue weighted by Crippen LogP contribution is 2.27. The lowest BCUT2D eigenvalue weighted by Gasteiger charge is -2.31. The predicted octanol–water partition coefficient (Wildman–Crippen LogP) is 2.24. The number of nitrogens with zero attached hydrogens (tertiary/aromatic N) is 2. The van der Waals surface area contributed by atoms with Crippen molar-refractivity contribution in [1.29, 1.82) is 0 Å². The van der Waals surface area contributed by atoms with Gasteiger partial charge in [0.2, 0.25) is 0 Å². The van der Waals surface area contributed by atoms with Crippen LogP contribution in [0.1, 0.15) is 57.7 Å². The summed E-state index contributed by atoms with van der Waals surface area (Å²) >= 11 is 0. The molecular formula is C14H23N3O. The third-order valence-corrected chi connectivity index (χ3v) is 3.84. The minimum atomic E-state index is -0.597. The van der Waals surface area contributed by atoms with E-state index in [9.17, 15) is 4.79 Å². The van der Waals surface area contributed by atoms with Crippen molar-refractivity contribution in [2.75, 3.05) is 0 Å². The number of rotatable bonds is 4. The Labute approximate surface area is 109 Å². The van der Waals surface area contributed by atoms with Gasteiger partial charge in [-0.1, -0.05) is 19.3 Å². The van der Waals surface area contributed by atoms with E-state index < -0.39 is 5.54 Å². The quantitative estimate of drug-likeness (QED) is 0.890. The molecule has 0 radical (unpaired) electrons. The SMILES string of the molecule is CC(C)n1ccc(CC(=O)C2(N)CCCCC2)n1. The summed E-state index contributed by atoms with van der Waals surface area (Å²) < 4.78 is 1.88. The minimum Gasteiger partial charge on any atom is -0.319 e. The molecule has 1 fully saturated rings. The Morgan fingerprint density at radius 1 is 1.44 bits per heavy atom. The summed E-state index contributed by atoms with van der Waals surface area (Å²) in [5, 5.41) is 4.42. The smallest absolute Gasteiger partial charge is 0.158 e. The van der Waals surface area contributed by atoms with E-state index in [0.717, 1.165) is 31.4 Å². The molecule has 2 rings (SSSR count). The second-order valence-corrected chi connectivity index (χ2v) is 5.70. The summed E-state index contributed by atoms with van der Waals surface area (Å²) in [6.45, 7) is 4.15. The van der Waals surface area contributed by atoms with Gasteiger partial charge >= 0.3 is 0 Å². The fourth-order valence-corrected chi connectivity index (χ4v) is 2.56. The van der Waals surface area contributed by atoms with Crippen molar-refractivity contribution in [2.45, 2.75) is 64.0 Å². The average molecular weight is 249 g/mol. The lowest BCUT2D eigenvalue weighted by molar-refractivity contribution is -0.124. The first-order valence-corrected chi connectivity index (χ1v) is 6.87. The molecule has 0 amide bonds. The van der Waals surface area contributed by atoms with Gasteiger partial charge in [-0.25, -0.2) is 0 Å². The Morgan fingerprint density at radius 3 is 2.67 bits per heavy atom. The number of carbonyl (C=O) groups excluding carboxylic acids is 1. The summed E-state index contributed by atoms with van der Waals surface area (Å²) in [4.78, 5) is 12.3. The van der Waals surface area contributed by atoms with Crippen LogP contribution in [0.5, 0.6) is 0 Å². The van der Waals surface area contributed by atoms with Crippen molar-refractivity contribution in [1.82, 2.24) is 9.78 Å². The number of nitrogens with two attached hydrogens (primary N) is 1. The second-order valence-electron chi connectivity index (χ2n) is 5.70. The Hall–Kier alpha value is -1.16. The van der Waals surface area contributed by atoms with Crippen molar-refractivity contribution in [3.63, 3.8) is 0 Å². The van der Waals surface area contributed by atoms with E-state index in [0.29, 0.717) is 12.5 Å². The lowest BCUT2D eigenvalue weighted by atomic mass is 9.78.